The molecule has 1 saturated carbocycles. The standard InChI is InChI=1S/C23H22N4O2S2/c28-20(24-21(19-9-5-13-30-19)16-6-2-1-3-7-16)15-31-23-26-25-22(17-10-11-17)27(23)14-18-8-4-12-29-18/h1-9,12-13,17,21H,10-11,14-15H2,(H,24,28). The lowest BCUT2D eigenvalue weighted by molar-refractivity contribution is -0.119. The molecule has 5 rings (SSSR count). The van der Waals surface area contributed by atoms with Crippen LogP contribution in [0.5, 0.6) is 0 Å². The van der Waals surface area contributed by atoms with Crippen molar-refractivity contribution in [3.8, 4) is 0 Å². The van der Waals surface area contributed by atoms with E-state index < -0.39 is 0 Å². The minimum Gasteiger partial charge on any atom is -0.467 e. The van der Waals surface area contributed by atoms with Gasteiger partial charge in [-0.2, -0.15) is 0 Å². The molecule has 1 unspecified atom stereocenters. The van der Waals surface area contributed by atoms with E-state index >= 15 is 0 Å². The van der Waals surface area contributed by atoms with Crippen LogP contribution in [-0.2, 0) is 11.3 Å². The van der Waals surface area contributed by atoms with Crippen LogP contribution in [0.1, 0.15) is 46.8 Å². The molecule has 4 aromatic rings. The van der Waals surface area contributed by atoms with E-state index in [1.807, 2.05) is 53.9 Å². The molecule has 1 aliphatic carbocycles. The van der Waals surface area contributed by atoms with Gasteiger partial charge in [0.2, 0.25) is 5.91 Å². The number of nitrogens with zero attached hydrogens (tertiary/aromatic N) is 3. The predicted molar refractivity (Wildman–Crippen MR) is 121 cm³/mol. The fourth-order valence-corrected chi connectivity index (χ4v) is 5.07. The van der Waals surface area contributed by atoms with Crippen molar-refractivity contribution in [1.29, 1.82) is 0 Å². The van der Waals surface area contributed by atoms with E-state index in [4.69, 9.17) is 4.42 Å². The Morgan fingerprint density at radius 1 is 1.16 bits per heavy atom. The van der Waals surface area contributed by atoms with Gasteiger partial charge in [0.25, 0.3) is 0 Å². The summed E-state index contributed by atoms with van der Waals surface area (Å²) in [7, 11) is 0. The third-order valence-corrected chi connectivity index (χ3v) is 7.08. The van der Waals surface area contributed by atoms with Gasteiger partial charge >= 0.3 is 0 Å². The molecule has 31 heavy (non-hydrogen) atoms. The van der Waals surface area contributed by atoms with E-state index in [-0.39, 0.29) is 17.7 Å². The Balaban J connectivity index is 1.29. The van der Waals surface area contributed by atoms with Gasteiger partial charge < -0.3 is 9.73 Å². The Kier molecular flexibility index (Phi) is 5.90. The number of furan rings is 1. The molecule has 6 nitrogen and oxygen atoms in total. The second-order valence-corrected chi connectivity index (χ2v) is 9.42. The summed E-state index contributed by atoms with van der Waals surface area (Å²) >= 11 is 3.06. The van der Waals surface area contributed by atoms with Gasteiger partial charge in [0.05, 0.1) is 24.6 Å². The summed E-state index contributed by atoms with van der Waals surface area (Å²) in [6.45, 7) is 0.581. The van der Waals surface area contributed by atoms with Crippen molar-refractivity contribution < 1.29 is 9.21 Å². The van der Waals surface area contributed by atoms with Gasteiger partial charge in [-0.1, -0.05) is 48.2 Å². The molecule has 3 heterocycles. The maximum atomic E-state index is 12.9. The first kappa shape index (κ1) is 20.1. The summed E-state index contributed by atoms with van der Waals surface area (Å²) in [5.74, 6) is 2.55. The highest BCUT2D eigenvalue weighted by Crippen LogP contribution is 2.40. The number of aromatic nitrogens is 3. The number of rotatable bonds is 9. The molecule has 8 heteroatoms. The van der Waals surface area contributed by atoms with Gasteiger partial charge in [-0.25, -0.2) is 0 Å². The predicted octanol–water partition coefficient (Wildman–Crippen LogP) is 4.86. The van der Waals surface area contributed by atoms with E-state index in [0.29, 0.717) is 12.5 Å². The fourth-order valence-electron chi connectivity index (χ4n) is 3.51. The van der Waals surface area contributed by atoms with E-state index in [2.05, 4.69) is 26.1 Å². The van der Waals surface area contributed by atoms with Crippen LogP contribution in [0.3, 0.4) is 0 Å². The third kappa shape index (κ3) is 4.75. The van der Waals surface area contributed by atoms with Crippen molar-refractivity contribution in [1.82, 2.24) is 20.1 Å². The monoisotopic (exact) mass is 450 g/mol. The SMILES string of the molecule is O=C(CSc1nnc(C2CC2)n1Cc1ccco1)NC(c1ccccc1)c1cccs1. The van der Waals surface area contributed by atoms with Crippen molar-refractivity contribution in [3.63, 3.8) is 0 Å². The van der Waals surface area contributed by atoms with Crippen LogP contribution in [0.4, 0.5) is 0 Å². The van der Waals surface area contributed by atoms with Gasteiger partial charge in [0, 0.05) is 10.8 Å². The molecule has 0 bridgehead atoms. The number of thiophene rings is 1. The van der Waals surface area contributed by atoms with Crippen LogP contribution < -0.4 is 5.32 Å². The van der Waals surface area contributed by atoms with Crippen LogP contribution in [0, 0.1) is 0 Å². The van der Waals surface area contributed by atoms with Crippen LogP contribution in [0.2, 0.25) is 0 Å². The molecule has 1 fully saturated rings. The average molecular weight is 451 g/mol. The molecule has 3 aromatic heterocycles. The van der Waals surface area contributed by atoms with Gasteiger partial charge in [-0.05, 0) is 42.0 Å². The highest BCUT2D eigenvalue weighted by atomic mass is 32.2. The summed E-state index contributed by atoms with van der Waals surface area (Å²) in [5, 5.41) is 14.7. The Hall–Kier alpha value is -2.84. The topological polar surface area (TPSA) is 73.0 Å². The van der Waals surface area contributed by atoms with E-state index in [0.717, 1.165) is 40.0 Å². The largest absolute Gasteiger partial charge is 0.467 e. The Bertz CT molecular complexity index is 1120. The molecule has 1 aliphatic rings. The van der Waals surface area contributed by atoms with Gasteiger partial charge in [-0.15, -0.1) is 21.5 Å². The first-order valence-corrected chi connectivity index (χ1v) is 12.1. The number of nitrogens with one attached hydrogen (secondary N) is 1. The second kappa shape index (κ2) is 9.11. The summed E-state index contributed by atoms with van der Waals surface area (Å²) in [5.41, 5.74) is 1.07. The normalized spacial score (nSPS) is 14.5. The molecular weight excluding hydrogens is 428 g/mol. The molecule has 0 aliphatic heterocycles. The summed E-state index contributed by atoms with van der Waals surface area (Å²) in [6, 6.07) is 17.8. The van der Waals surface area contributed by atoms with Crippen molar-refractivity contribution in [2.45, 2.75) is 36.5 Å². The molecule has 1 aromatic carbocycles. The number of carbonyl (C=O) groups is 1. The first-order valence-electron chi connectivity index (χ1n) is 10.2. The Labute approximate surface area is 188 Å². The fraction of sp³-hybridized carbons (Fsp3) is 0.261. The molecular formula is C23H22N4O2S2. The summed E-state index contributed by atoms with van der Waals surface area (Å²) < 4.78 is 7.61. The zero-order valence-electron chi connectivity index (χ0n) is 16.8. The minimum absolute atomic E-state index is 0.0345. The van der Waals surface area contributed by atoms with E-state index in [1.165, 1.54) is 11.8 Å². The highest BCUT2D eigenvalue weighted by Gasteiger charge is 2.31. The highest BCUT2D eigenvalue weighted by molar-refractivity contribution is 7.99. The lowest BCUT2D eigenvalue weighted by Crippen LogP contribution is -2.30. The average Bonchev–Trinajstić information content (AvgIpc) is 3.18. The molecule has 0 saturated heterocycles. The Morgan fingerprint density at radius 3 is 2.74 bits per heavy atom. The number of thioether (sulfide) groups is 1. The zero-order valence-corrected chi connectivity index (χ0v) is 18.4. The smallest absolute Gasteiger partial charge is 0.231 e. The number of benzene rings is 1. The minimum atomic E-state index is -0.155. The molecule has 0 radical (unpaired) electrons. The van der Waals surface area contributed by atoms with Crippen LogP contribution in [0.25, 0.3) is 0 Å². The molecule has 0 spiro atoms. The van der Waals surface area contributed by atoms with Gasteiger partial charge in [0.15, 0.2) is 5.16 Å². The maximum absolute atomic E-state index is 12.9. The summed E-state index contributed by atoms with van der Waals surface area (Å²) in [6.07, 6.45) is 3.95. The number of hydrogen-bond donors (Lipinski definition) is 1. The third-order valence-electron chi connectivity index (χ3n) is 5.18. The maximum Gasteiger partial charge on any atom is 0.231 e. The number of hydrogen-bond acceptors (Lipinski definition) is 6. The van der Waals surface area contributed by atoms with E-state index in [1.54, 1.807) is 17.6 Å². The first-order chi connectivity index (χ1) is 15.3. The second-order valence-electron chi connectivity index (χ2n) is 7.50. The van der Waals surface area contributed by atoms with Crippen molar-refractivity contribution in [2.24, 2.45) is 0 Å². The van der Waals surface area contributed by atoms with Gasteiger partial charge in [-0.3, -0.25) is 9.36 Å². The number of amides is 1. The lowest BCUT2D eigenvalue weighted by atomic mass is 10.1. The van der Waals surface area contributed by atoms with Crippen LogP contribution >= 0.6 is 23.1 Å². The van der Waals surface area contributed by atoms with Crippen molar-refractivity contribution in [3.05, 3.63) is 88.3 Å². The molecule has 1 amide bonds. The lowest BCUT2D eigenvalue weighted by Gasteiger charge is -2.18. The van der Waals surface area contributed by atoms with Crippen LogP contribution in [-0.4, -0.2) is 26.4 Å². The molecule has 158 valence electrons. The zero-order chi connectivity index (χ0) is 21.0. The van der Waals surface area contributed by atoms with Crippen LogP contribution in [0.15, 0.2) is 75.8 Å². The van der Waals surface area contributed by atoms with Crippen molar-refractivity contribution in [2.75, 3.05) is 5.75 Å². The van der Waals surface area contributed by atoms with Gasteiger partial charge in [0.1, 0.15) is 11.6 Å². The Morgan fingerprint density at radius 2 is 2.03 bits per heavy atom. The van der Waals surface area contributed by atoms with E-state index in [9.17, 15) is 4.79 Å². The molecule has 1 N–H and O–H groups in total. The summed E-state index contributed by atoms with van der Waals surface area (Å²) in [4.78, 5) is 14.0. The quantitative estimate of drug-likeness (QED) is 0.369. The number of carbonyl (C=O) groups excluding carboxylic acids is 1. The molecule has 1 atom stereocenters. The van der Waals surface area contributed by atoms with Crippen molar-refractivity contribution >= 4 is 29.0 Å².